The van der Waals surface area contributed by atoms with Crippen molar-refractivity contribution in [2.24, 2.45) is 10.1 Å². The fourth-order valence-electron chi connectivity index (χ4n) is 4.86. The van der Waals surface area contributed by atoms with Gasteiger partial charge in [0.05, 0.1) is 17.0 Å². The highest BCUT2D eigenvalue weighted by molar-refractivity contribution is 6.21. The highest BCUT2D eigenvalue weighted by Crippen LogP contribution is 2.34. The number of benzene rings is 4. The zero-order chi connectivity index (χ0) is 23.2. The standard InChI is InChI=1S/C29H13N5/c1-31-19-10-7-17(8-11-19)18-9-12-21-24-14-26-23(15-27(24)29(34-32-2)25(21)13-18)20-5-3-4-6-22(20)28(26)33-16-30/h3-15H/b33-28+,34-29+. The molecule has 0 aliphatic carbocycles. The molecule has 6 aromatic rings. The van der Waals surface area contributed by atoms with Crippen LogP contribution in [-0.4, -0.2) is 0 Å². The van der Waals surface area contributed by atoms with Gasteiger partial charge in [-0.1, -0.05) is 60.7 Å². The summed E-state index contributed by atoms with van der Waals surface area (Å²) in [6, 6.07) is 25.7. The molecule has 0 aliphatic heterocycles. The Labute approximate surface area is 194 Å². The number of rotatable bonds is 1. The highest BCUT2D eigenvalue weighted by Gasteiger charge is 2.16. The molecule has 0 bridgehead atoms. The normalized spacial score (nSPS) is 12.4. The Morgan fingerprint density at radius 3 is 1.91 bits per heavy atom. The minimum atomic E-state index is 0.595. The summed E-state index contributed by atoms with van der Waals surface area (Å²) in [5, 5.41) is 22.4. The van der Waals surface area contributed by atoms with Crippen LogP contribution >= 0.6 is 0 Å². The van der Waals surface area contributed by atoms with Gasteiger partial charge in [0.15, 0.2) is 11.0 Å². The van der Waals surface area contributed by atoms with E-state index in [-0.39, 0.29) is 0 Å². The Kier molecular flexibility index (Phi) is 4.21. The lowest BCUT2D eigenvalue weighted by molar-refractivity contribution is 1.37. The van der Waals surface area contributed by atoms with Crippen molar-refractivity contribution >= 4 is 48.8 Å². The quantitative estimate of drug-likeness (QED) is 0.166. The third-order valence-corrected chi connectivity index (χ3v) is 6.35. The molecule has 5 heteroatoms. The van der Waals surface area contributed by atoms with Gasteiger partial charge in [-0.15, -0.1) is 4.95 Å². The molecule has 6 aromatic carbocycles. The van der Waals surface area contributed by atoms with Gasteiger partial charge in [0.2, 0.25) is 6.19 Å². The second-order valence-electron chi connectivity index (χ2n) is 8.02. The molecular formula is C29H13N5. The number of nitrogens with zero attached hydrogens (tertiary/aromatic N) is 5. The van der Waals surface area contributed by atoms with Crippen LogP contribution in [0.15, 0.2) is 89.0 Å². The lowest BCUT2D eigenvalue weighted by atomic mass is 10.0. The average Bonchev–Trinajstić information content (AvgIpc) is 3.35. The summed E-state index contributed by atoms with van der Waals surface area (Å²) in [4.78, 5) is 11.0. The van der Waals surface area contributed by atoms with Gasteiger partial charge in [0, 0.05) is 21.5 Å². The fourth-order valence-corrected chi connectivity index (χ4v) is 4.86. The van der Waals surface area contributed by atoms with Gasteiger partial charge in [-0.25, -0.2) is 4.85 Å². The molecule has 0 N–H and O–H groups in total. The lowest BCUT2D eigenvalue weighted by Gasteiger charge is -2.02. The molecule has 6 rings (SSSR count). The van der Waals surface area contributed by atoms with E-state index in [2.05, 4.69) is 38.1 Å². The minimum absolute atomic E-state index is 0.595. The van der Waals surface area contributed by atoms with E-state index in [1.807, 2.05) is 54.7 Å². The van der Waals surface area contributed by atoms with Gasteiger partial charge in [-0.3, -0.25) is 0 Å². The van der Waals surface area contributed by atoms with Crippen LogP contribution < -0.4 is 10.7 Å². The fraction of sp³-hybridized carbons (Fsp3) is 0. The van der Waals surface area contributed by atoms with Gasteiger partial charge in [0.25, 0.3) is 0 Å². The maximum atomic E-state index is 9.31. The smallest absolute Gasteiger partial charge is 0.206 e. The second kappa shape index (κ2) is 7.38. The monoisotopic (exact) mass is 431 g/mol. The van der Waals surface area contributed by atoms with Crippen molar-refractivity contribution in [2.45, 2.75) is 0 Å². The molecule has 5 nitrogen and oxygen atoms in total. The van der Waals surface area contributed by atoms with Crippen LogP contribution in [0.4, 0.5) is 5.69 Å². The van der Waals surface area contributed by atoms with Gasteiger partial charge < -0.3 is 0 Å². The van der Waals surface area contributed by atoms with E-state index in [4.69, 9.17) is 13.1 Å². The molecule has 0 aliphatic rings. The molecule has 0 saturated carbocycles. The number of fused-ring (bicyclic) bond motifs is 6. The summed E-state index contributed by atoms with van der Waals surface area (Å²) < 4.78 is 0. The number of nitriles is 1. The first-order chi connectivity index (χ1) is 16.7. The predicted octanol–water partition coefficient (Wildman–Crippen LogP) is 6.51. The van der Waals surface area contributed by atoms with Crippen LogP contribution in [0, 0.1) is 24.6 Å². The molecule has 0 fully saturated rings. The Balaban J connectivity index is 1.74. The first kappa shape index (κ1) is 19.4. The van der Waals surface area contributed by atoms with Crippen LogP contribution in [0.2, 0.25) is 0 Å². The SMILES string of the molecule is [C-]#[N+]/N=c1\c2cc(-c3ccc([N+]#[C-])cc3)ccc2c2cc3/c(=N/C#N)c4ccccc4c3cc12. The van der Waals surface area contributed by atoms with Crippen molar-refractivity contribution in [3.63, 3.8) is 0 Å². The van der Waals surface area contributed by atoms with Crippen LogP contribution in [0.1, 0.15) is 0 Å². The van der Waals surface area contributed by atoms with E-state index in [0.29, 0.717) is 16.4 Å². The van der Waals surface area contributed by atoms with Crippen molar-refractivity contribution in [1.29, 1.82) is 5.26 Å². The van der Waals surface area contributed by atoms with Crippen molar-refractivity contribution in [1.82, 2.24) is 0 Å². The van der Waals surface area contributed by atoms with Crippen molar-refractivity contribution in [2.75, 3.05) is 0 Å². The van der Waals surface area contributed by atoms with Crippen LogP contribution in [0.5, 0.6) is 0 Å². The largest absolute Gasteiger partial charge is 0.238 e. The first-order valence-corrected chi connectivity index (χ1v) is 10.6. The highest BCUT2D eigenvalue weighted by atomic mass is 15.2. The Morgan fingerprint density at radius 1 is 0.618 bits per heavy atom. The Morgan fingerprint density at radius 2 is 1.24 bits per heavy atom. The van der Waals surface area contributed by atoms with E-state index in [9.17, 15) is 5.26 Å². The van der Waals surface area contributed by atoms with Gasteiger partial charge in [-0.2, -0.15) is 16.8 Å². The van der Waals surface area contributed by atoms with Crippen molar-refractivity contribution < 1.29 is 0 Å². The van der Waals surface area contributed by atoms with Gasteiger partial charge in [-0.05, 0) is 50.9 Å². The molecule has 0 radical (unpaired) electrons. The molecular weight excluding hydrogens is 418 g/mol. The van der Waals surface area contributed by atoms with Crippen molar-refractivity contribution in [3.05, 3.63) is 113 Å². The topological polar surface area (TPSA) is 57.2 Å². The number of hydrogen-bond donors (Lipinski definition) is 0. The van der Waals surface area contributed by atoms with E-state index >= 15 is 0 Å². The van der Waals surface area contributed by atoms with E-state index < -0.39 is 0 Å². The molecule has 0 spiro atoms. The van der Waals surface area contributed by atoms with Crippen LogP contribution in [0.25, 0.3) is 64.0 Å². The van der Waals surface area contributed by atoms with E-state index in [1.165, 1.54) is 0 Å². The first-order valence-electron chi connectivity index (χ1n) is 10.6. The zero-order valence-corrected chi connectivity index (χ0v) is 17.7. The lowest BCUT2D eigenvalue weighted by Crippen LogP contribution is -1.98. The molecule has 0 amide bonds. The average molecular weight is 431 g/mol. The maximum absolute atomic E-state index is 9.31. The zero-order valence-electron chi connectivity index (χ0n) is 17.7. The molecule has 0 heterocycles. The van der Waals surface area contributed by atoms with E-state index in [0.717, 1.165) is 54.2 Å². The van der Waals surface area contributed by atoms with Crippen LogP contribution in [0.3, 0.4) is 0 Å². The summed E-state index contributed by atoms with van der Waals surface area (Å²) in [5.41, 5.74) is 2.58. The van der Waals surface area contributed by atoms with Gasteiger partial charge >= 0.3 is 0 Å². The molecule has 154 valence electrons. The van der Waals surface area contributed by atoms with E-state index in [1.54, 1.807) is 12.1 Å². The molecule has 0 aromatic heterocycles. The predicted molar refractivity (Wildman–Crippen MR) is 134 cm³/mol. The summed E-state index contributed by atoms with van der Waals surface area (Å²) >= 11 is 0. The second-order valence-corrected chi connectivity index (χ2v) is 8.02. The number of hydrogen-bond acceptors (Lipinski definition) is 3. The van der Waals surface area contributed by atoms with Gasteiger partial charge in [0.1, 0.15) is 0 Å². The summed E-state index contributed by atoms with van der Waals surface area (Å²) in [6.45, 7) is 14.6. The third kappa shape index (κ3) is 2.71. The molecule has 0 saturated heterocycles. The Bertz CT molecular complexity index is 2030. The molecule has 34 heavy (non-hydrogen) atoms. The molecule has 0 unspecified atom stereocenters. The summed E-state index contributed by atoms with van der Waals surface area (Å²) in [5.74, 6) is 0. The van der Waals surface area contributed by atoms with Crippen LogP contribution in [-0.2, 0) is 0 Å². The van der Waals surface area contributed by atoms with Crippen molar-refractivity contribution in [3.8, 4) is 17.3 Å². The summed E-state index contributed by atoms with van der Waals surface area (Å²) in [7, 11) is 0. The molecule has 0 atom stereocenters. The Hall–Kier alpha value is -5.31. The third-order valence-electron chi connectivity index (χ3n) is 6.35. The summed E-state index contributed by atoms with van der Waals surface area (Å²) in [6.07, 6.45) is 1.95. The minimum Gasteiger partial charge on any atom is -0.238 e. The maximum Gasteiger partial charge on any atom is 0.206 e.